The Morgan fingerprint density at radius 2 is 1.89 bits per heavy atom. The highest BCUT2D eigenvalue weighted by molar-refractivity contribution is 9.10. The van der Waals surface area contributed by atoms with Crippen LogP contribution in [0.4, 0.5) is 0 Å². The number of carbonyl (C=O) groups is 2. The van der Waals surface area contributed by atoms with Gasteiger partial charge in [0, 0.05) is 10.5 Å². The summed E-state index contributed by atoms with van der Waals surface area (Å²) in [5, 5.41) is 3.96. The molecule has 2 amide bonds. The van der Waals surface area contributed by atoms with Gasteiger partial charge in [-0.25, -0.2) is 4.68 Å². The third-order valence-electron chi connectivity index (χ3n) is 2.27. The van der Waals surface area contributed by atoms with Crippen LogP contribution in [0.25, 0.3) is 5.69 Å². The molecule has 7 heteroatoms. The Hall–Kier alpha value is -2.15. The van der Waals surface area contributed by atoms with Gasteiger partial charge in [-0.1, -0.05) is 22.0 Å². The fourth-order valence-corrected chi connectivity index (χ4v) is 1.87. The molecule has 1 heterocycles. The smallest absolute Gasteiger partial charge is 0.269 e. The lowest BCUT2D eigenvalue weighted by Gasteiger charge is -2.04. The van der Waals surface area contributed by atoms with Crippen LogP contribution in [0.2, 0.25) is 0 Å². The topological polar surface area (TPSA) is 104 Å². The molecule has 0 saturated carbocycles. The number of carbonyl (C=O) groups excluding carboxylic acids is 2. The number of hydrogen-bond donors (Lipinski definition) is 2. The number of primary amides is 2. The molecular formula is C11H9BrN4O2. The standard InChI is InChI=1S/C11H9BrN4O2/c12-6-2-1-3-7(4-6)16-9(11(14)18)5-8(15-16)10(13)17/h1-5H,(H2,13,17)(H2,14,18). The van der Waals surface area contributed by atoms with Gasteiger partial charge in [-0.15, -0.1) is 0 Å². The van der Waals surface area contributed by atoms with E-state index in [1.807, 2.05) is 6.07 Å². The minimum Gasteiger partial charge on any atom is -0.364 e. The van der Waals surface area contributed by atoms with E-state index in [0.717, 1.165) is 4.47 Å². The summed E-state index contributed by atoms with van der Waals surface area (Å²) >= 11 is 3.31. The molecule has 0 fully saturated rings. The summed E-state index contributed by atoms with van der Waals surface area (Å²) in [4.78, 5) is 22.4. The normalized spacial score (nSPS) is 10.3. The van der Waals surface area contributed by atoms with E-state index in [2.05, 4.69) is 21.0 Å². The Morgan fingerprint density at radius 1 is 1.17 bits per heavy atom. The quantitative estimate of drug-likeness (QED) is 0.877. The lowest BCUT2D eigenvalue weighted by Crippen LogP contribution is -2.16. The molecule has 92 valence electrons. The highest BCUT2D eigenvalue weighted by atomic mass is 79.9. The molecule has 6 nitrogen and oxygen atoms in total. The number of aromatic nitrogens is 2. The second kappa shape index (κ2) is 4.61. The van der Waals surface area contributed by atoms with Crippen molar-refractivity contribution in [3.63, 3.8) is 0 Å². The molecule has 0 bridgehead atoms. The molecule has 1 aromatic heterocycles. The van der Waals surface area contributed by atoms with Crippen molar-refractivity contribution in [1.29, 1.82) is 0 Å². The zero-order valence-electron chi connectivity index (χ0n) is 9.13. The van der Waals surface area contributed by atoms with Gasteiger partial charge in [0.25, 0.3) is 11.8 Å². The van der Waals surface area contributed by atoms with Crippen LogP contribution in [-0.2, 0) is 0 Å². The molecule has 0 aliphatic rings. The molecule has 0 aliphatic carbocycles. The van der Waals surface area contributed by atoms with Gasteiger partial charge in [0.2, 0.25) is 0 Å². The fourth-order valence-electron chi connectivity index (χ4n) is 1.48. The van der Waals surface area contributed by atoms with Crippen LogP contribution < -0.4 is 11.5 Å². The minimum absolute atomic E-state index is 0.0104. The predicted octanol–water partition coefficient (Wildman–Crippen LogP) is 0.833. The Morgan fingerprint density at radius 3 is 2.44 bits per heavy atom. The Kier molecular flexibility index (Phi) is 3.15. The van der Waals surface area contributed by atoms with Gasteiger partial charge < -0.3 is 11.5 Å². The summed E-state index contributed by atoms with van der Waals surface area (Å²) in [5.41, 5.74) is 11.1. The van der Waals surface area contributed by atoms with E-state index < -0.39 is 11.8 Å². The largest absolute Gasteiger partial charge is 0.364 e. The average Bonchev–Trinajstić information content (AvgIpc) is 2.73. The first-order valence-corrected chi connectivity index (χ1v) is 5.74. The molecule has 0 aliphatic heterocycles. The van der Waals surface area contributed by atoms with E-state index >= 15 is 0 Å². The maximum atomic E-state index is 11.3. The average molecular weight is 309 g/mol. The summed E-state index contributed by atoms with van der Waals surface area (Å²) < 4.78 is 2.10. The number of nitrogens with zero attached hydrogens (tertiary/aromatic N) is 2. The predicted molar refractivity (Wildman–Crippen MR) is 68.3 cm³/mol. The first-order chi connectivity index (χ1) is 8.49. The molecule has 1 aromatic carbocycles. The van der Waals surface area contributed by atoms with Gasteiger partial charge in [-0.05, 0) is 18.2 Å². The first-order valence-electron chi connectivity index (χ1n) is 4.94. The number of rotatable bonds is 3. The van der Waals surface area contributed by atoms with Crippen molar-refractivity contribution in [1.82, 2.24) is 9.78 Å². The van der Waals surface area contributed by atoms with Gasteiger partial charge in [-0.2, -0.15) is 5.10 Å². The zero-order valence-corrected chi connectivity index (χ0v) is 10.7. The molecule has 2 aromatic rings. The molecule has 0 unspecified atom stereocenters. The number of nitrogens with two attached hydrogens (primary N) is 2. The SMILES string of the molecule is NC(=O)c1cc(C(N)=O)n(-c2cccc(Br)c2)n1. The van der Waals surface area contributed by atoms with Gasteiger partial charge in [0.15, 0.2) is 5.69 Å². The third-order valence-corrected chi connectivity index (χ3v) is 2.76. The molecule has 0 saturated heterocycles. The minimum atomic E-state index is -0.716. The fraction of sp³-hybridized carbons (Fsp3) is 0. The van der Waals surface area contributed by atoms with Crippen LogP contribution in [0.3, 0.4) is 0 Å². The van der Waals surface area contributed by atoms with Crippen LogP contribution in [0.15, 0.2) is 34.8 Å². The van der Waals surface area contributed by atoms with Crippen LogP contribution >= 0.6 is 15.9 Å². The van der Waals surface area contributed by atoms with Crippen molar-refractivity contribution in [2.45, 2.75) is 0 Å². The second-order valence-electron chi connectivity index (χ2n) is 3.53. The summed E-state index contributed by atoms with van der Waals surface area (Å²) in [7, 11) is 0. The maximum Gasteiger partial charge on any atom is 0.269 e. The van der Waals surface area contributed by atoms with E-state index in [4.69, 9.17) is 11.5 Å². The van der Waals surface area contributed by atoms with Gasteiger partial charge in [0.05, 0.1) is 5.69 Å². The van der Waals surface area contributed by atoms with Crippen molar-refractivity contribution < 1.29 is 9.59 Å². The number of amides is 2. The highest BCUT2D eigenvalue weighted by Crippen LogP contribution is 2.17. The van der Waals surface area contributed by atoms with Crippen LogP contribution in [0.5, 0.6) is 0 Å². The summed E-state index contributed by atoms with van der Waals surface area (Å²) in [6.07, 6.45) is 0. The highest BCUT2D eigenvalue weighted by Gasteiger charge is 2.16. The molecule has 18 heavy (non-hydrogen) atoms. The van der Waals surface area contributed by atoms with Crippen molar-refractivity contribution in [3.8, 4) is 5.69 Å². The number of benzene rings is 1. The lowest BCUT2D eigenvalue weighted by molar-refractivity contribution is 0.0986. The van der Waals surface area contributed by atoms with Crippen molar-refractivity contribution in [3.05, 3.63) is 46.2 Å². The van der Waals surface area contributed by atoms with Crippen LogP contribution in [0, 0.1) is 0 Å². The number of hydrogen-bond acceptors (Lipinski definition) is 3. The second-order valence-corrected chi connectivity index (χ2v) is 4.45. The van der Waals surface area contributed by atoms with E-state index in [9.17, 15) is 9.59 Å². The monoisotopic (exact) mass is 308 g/mol. The summed E-state index contributed by atoms with van der Waals surface area (Å²) in [6, 6.07) is 8.34. The number of halogens is 1. The Bertz CT molecular complexity index is 636. The zero-order chi connectivity index (χ0) is 13.3. The van der Waals surface area contributed by atoms with Gasteiger partial charge in [-0.3, -0.25) is 9.59 Å². The Balaban J connectivity index is 2.62. The van der Waals surface area contributed by atoms with Gasteiger partial charge in [0.1, 0.15) is 5.69 Å². The Labute approximate surface area is 111 Å². The first kappa shape index (κ1) is 12.3. The van der Waals surface area contributed by atoms with E-state index in [1.165, 1.54) is 10.7 Å². The molecule has 2 rings (SSSR count). The molecule has 0 radical (unpaired) electrons. The third kappa shape index (κ3) is 2.25. The van der Waals surface area contributed by atoms with Crippen molar-refractivity contribution in [2.24, 2.45) is 11.5 Å². The van der Waals surface area contributed by atoms with E-state index in [1.54, 1.807) is 18.2 Å². The molecular weight excluding hydrogens is 300 g/mol. The van der Waals surface area contributed by atoms with Crippen molar-refractivity contribution in [2.75, 3.05) is 0 Å². The van der Waals surface area contributed by atoms with E-state index in [-0.39, 0.29) is 11.4 Å². The van der Waals surface area contributed by atoms with Crippen LogP contribution in [0.1, 0.15) is 21.0 Å². The molecule has 0 atom stereocenters. The molecule has 4 N–H and O–H groups in total. The van der Waals surface area contributed by atoms with Crippen molar-refractivity contribution >= 4 is 27.7 Å². The van der Waals surface area contributed by atoms with Crippen LogP contribution in [-0.4, -0.2) is 21.6 Å². The molecule has 0 spiro atoms. The summed E-state index contributed by atoms with van der Waals surface area (Å²) in [5.74, 6) is -1.40. The van der Waals surface area contributed by atoms with E-state index in [0.29, 0.717) is 5.69 Å². The maximum absolute atomic E-state index is 11.3. The lowest BCUT2D eigenvalue weighted by atomic mass is 10.3. The summed E-state index contributed by atoms with van der Waals surface area (Å²) in [6.45, 7) is 0. The van der Waals surface area contributed by atoms with Gasteiger partial charge >= 0.3 is 0 Å².